The molecule has 1 fully saturated rings. The Labute approximate surface area is 110 Å². The van der Waals surface area contributed by atoms with Gasteiger partial charge in [0.05, 0.1) is 5.25 Å². The number of hydrogen-bond acceptors (Lipinski definition) is 4. The van der Waals surface area contributed by atoms with E-state index in [9.17, 15) is 13.2 Å². The molecule has 1 amide bonds. The van der Waals surface area contributed by atoms with Crippen LogP contribution in [0.3, 0.4) is 0 Å². The topological polar surface area (TPSA) is 80.5 Å². The molecule has 0 radical (unpaired) electrons. The second-order valence-electron chi connectivity index (χ2n) is 5.38. The lowest BCUT2D eigenvalue weighted by molar-refractivity contribution is -0.125. The predicted octanol–water partition coefficient (Wildman–Crippen LogP) is 0.395. The van der Waals surface area contributed by atoms with Crippen molar-refractivity contribution in [3.8, 4) is 0 Å². The number of sulfone groups is 1. The Balaban J connectivity index is 2.79. The molecule has 106 valence electrons. The van der Waals surface area contributed by atoms with Gasteiger partial charge in [-0.15, -0.1) is 0 Å². The molecule has 0 heterocycles. The number of amides is 1. The van der Waals surface area contributed by atoms with E-state index in [1.165, 1.54) is 4.90 Å². The number of carbonyl (C=O) groups is 1. The third-order valence-corrected chi connectivity index (χ3v) is 5.93. The Kier molecular flexibility index (Phi) is 5.16. The van der Waals surface area contributed by atoms with Crippen LogP contribution in [-0.2, 0) is 14.6 Å². The van der Waals surface area contributed by atoms with Crippen LogP contribution in [0.5, 0.6) is 0 Å². The molecule has 1 aliphatic rings. The van der Waals surface area contributed by atoms with Crippen molar-refractivity contribution in [3.63, 3.8) is 0 Å². The van der Waals surface area contributed by atoms with E-state index in [0.717, 1.165) is 19.3 Å². The number of nitrogens with zero attached hydrogens (tertiary/aromatic N) is 1. The zero-order valence-corrected chi connectivity index (χ0v) is 12.2. The lowest BCUT2D eigenvalue weighted by atomic mass is 9.84. The molecular weight excluding hydrogens is 252 g/mol. The van der Waals surface area contributed by atoms with Gasteiger partial charge in [0.15, 0.2) is 9.84 Å². The third kappa shape index (κ3) is 3.68. The normalized spacial score (nSPS) is 29.0. The van der Waals surface area contributed by atoms with Crippen molar-refractivity contribution in [1.29, 1.82) is 0 Å². The second-order valence-corrected chi connectivity index (χ2v) is 7.60. The maximum atomic E-state index is 12.2. The maximum Gasteiger partial charge on any atom is 0.237 e. The Morgan fingerprint density at radius 3 is 2.44 bits per heavy atom. The average Bonchev–Trinajstić information content (AvgIpc) is 2.28. The van der Waals surface area contributed by atoms with Crippen LogP contribution in [0.4, 0.5) is 0 Å². The Morgan fingerprint density at radius 2 is 1.94 bits per heavy atom. The molecule has 0 spiro atoms. The molecule has 3 atom stereocenters. The minimum atomic E-state index is -3.44. The summed E-state index contributed by atoms with van der Waals surface area (Å²) in [5, 5.41) is -0.555. The molecule has 1 rings (SSSR count). The van der Waals surface area contributed by atoms with Crippen molar-refractivity contribution < 1.29 is 13.2 Å². The molecule has 0 aromatic heterocycles. The van der Waals surface area contributed by atoms with E-state index in [2.05, 4.69) is 6.92 Å². The van der Waals surface area contributed by atoms with Gasteiger partial charge in [-0.3, -0.25) is 4.79 Å². The molecule has 2 N–H and O–H groups in total. The molecule has 1 aliphatic carbocycles. The minimum Gasteiger partial charge on any atom is -0.348 e. The highest BCUT2D eigenvalue weighted by Gasteiger charge is 2.37. The summed E-state index contributed by atoms with van der Waals surface area (Å²) in [6.07, 6.45) is 3.30. The lowest BCUT2D eigenvalue weighted by Crippen LogP contribution is -2.47. The summed E-state index contributed by atoms with van der Waals surface area (Å²) >= 11 is 0. The van der Waals surface area contributed by atoms with Crippen LogP contribution in [0.2, 0.25) is 0 Å². The molecular formula is C12H24N2O3S. The van der Waals surface area contributed by atoms with Crippen LogP contribution in [0.25, 0.3) is 0 Å². The first kappa shape index (κ1) is 15.4. The van der Waals surface area contributed by atoms with E-state index in [1.54, 1.807) is 14.1 Å². The van der Waals surface area contributed by atoms with Crippen molar-refractivity contribution in [2.75, 3.05) is 19.8 Å². The van der Waals surface area contributed by atoms with Gasteiger partial charge in [-0.1, -0.05) is 13.3 Å². The van der Waals surface area contributed by atoms with E-state index in [4.69, 9.17) is 5.73 Å². The van der Waals surface area contributed by atoms with Crippen molar-refractivity contribution in [1.82, 2.24) is 4.90 Å². The molecule has 0 saturated heterocycles. The Hall–Kier alpha value is -0.620. The van der Waals surface area contributed by atoms with Crippen molar-refractivity contribution in [2.24, 2.45) is 11.7 Å². The van der Waals surface area contributed by atoms with Crippen molar-refractivity contribution >= 4 is 15.7 Å². The van der Waals surface area contributed by atoms with Gasteiger partial charge in [0.2, 0.25) is 5.91 Å². The molecule has 6 heteroatoms. The summed E-state index contributed by atoms with van der Waals surface area (Å²) in [6, 6.07) is -0.326. The molecule has 0 aliphatic heterocycles. The van der Waals surface area contributed by atoms with Gasteiger partial charge in [-0.25, -0.2) is 8.42 Å². The number of rotatable bonds is 4. The highest BCUT2D eigenvalue weighted by molar-refractivity contribution is 7.92. The van der Waals surface area contributed by atoms with Crippen molar-refractivity contribution in [2.45, 2.75) is 43.9 Å². The molecule has 3 unspecified atom stereocenters. The fourth-order valence-corrected chi connectivity index (χ4v) is 4.48. The minimum absolute atomic E-state index is 0.326. The van der Waals surface area contributed by atoms with Gasteiger partial charge < -0.3 is 10.6 Å². The van der Waals surface area contributed by atoms with Gasteiger partial charge in [0.25, 0.3) is 0 Å². The van der Waals surface area contributed by atoms with Crippen LogP contribution >= 0.6 is 0 Å². The van der Waals surface area contributed by atoms with Gasteiger partial charge in [0.1, 0.15) is 5.75 Å². The standard InChI is InChI=1S/C12H24N2O3S/c1-4-9-5-6-10(13)11(7-9)18(16,17)8-12(15)14(2)3/h9-11H,4-8,13H2,1-3H3. The van der Waals surface area contributed by atoms with E-state index in [1.807, 2.05) is 0 Å². The SMILES string of the molecule is CCC1CCC(N)C(S(=O)(=O)CC(=O)N(C)C)C1. The molecule has 0 bridgehead atoms. The quantitative estimate of drug-likeness (QED) is 0.805. The summed E-state index contributed by atoms with van der Waals surface area (Å²) in [4.78, 5) is 12.9. The van der Waals surface area contributed by atoms with Crippen molar-refractivity contribution in [3.05, 3.63) is 0 Å². The van der Waals surface area contributed by atoms with Crippen LogP contribution in [0, 0.1) is 5.92 Å². The van der Waals surface area contributed by atoms with Gasteiger partial charge in [-0.05, 0) is 25.2 Å². The summed E-state index contributed by atoms with van der Waals surface area (Å²) < 4.78 is 24.5. The van der Waals surface area contributed by atoms with E-state index < -0.39 is 20.8 Å². The summed E-state index contributed by atoms with van der Waals surface area (Å²) in [5.41, 5.74) is 5.93. The average molecular weight is 276 g/mol. The largest absolute Gasteiger partial charge is 0.348 e. The van der Waals surface area contributed by atoms with Crippen LogP contribution < -0.4 is 5.73 Å². The smallest absolute Gasteiger partial charge is 0.237 e. The first-order valence-corrected chi connectivity index (χ1v) is 8.16. The highest BCUT2D eigenvalue weighted by atomic mass is 32.2. The predicted molar refractivity (Wildman–Crippen MR) is 71.9 cm³/mol. The number of nitrogens with two attached hydrogens (primary N) is 1. The zero-order valence-electron chi connectivity index (χ0n) is 11.4. The highest BCUT2D eigenvalue weighted by Crippen LogP contribution is 2.30. The van der Waals surface area contributed by atoms with Crippen LogP contribution in [0.15, 0.2) is 0 Å². The van der Waals surface area contributed by atoms with Gasteiger partial charge in [0, 0.05) is 20.1 Å². The van der Waals surface area contributed by atoms with E-state index >= 15 is 0 Å². The van der Waals surface area contributed by atoms with Gasteiger partial charge in [-0.2, -0.15) is 0 Å². The van der Waals surface area contributed by atoms with Crippen LogP contribution in [0.1, 0.15) is 32.6 Å². The first-order chi connectivity index (χ1) is 8.27. The van der Waals surface area contributed by atoms with Gasteiger partial charge >= 0.3 is 0 Å². The monoisotopic (exact) mass is 276 g/mol. The third-order valence-electron chi connectivity index (χ3n) is 3.81. The zero-order chi connectivity index (χ0) is 13.9. The molecule has 5 nitrogen and oxygen atoms in total. The van der Waals surface area contributed by atoms with E-state index in [-0.39, 0.29) is 11.9 Å². The summed E-state index contributed by atoms with van der Waals surface area (Å²) in [5.74, 6) is -0.380. The number of hydrogen-bond donors (Lipinski definition) is 1. The Bertz CT molecular complexity index is 392. The van der Waals surface area contributed by atoms with Crippen LogP contribution in [-0.4, -0.2) is 50.4 Å². The molecule has 18 heavy (non-hydrogen) atoms. The fourth-order valence-electron chi connectivity index (χ4n) is 2.43. The summed E-state index contributed by atoms with van der Waals surface area (Å²) in [7, 11) is -0.310. The summed E-state index contributed by atoms with van der Waals surface area (Å²) in [6.45, 7) is 2.07. The molecule has 0 aromatic carbocycles. The molecule has 1 saturated carbocycles. The Morgan fingerprint density at radius 1 is 1.33 bits per heavy atom. The lowest BCUT2D eigenvalue weighted by Gasteiger charge is -2.33. The first-order valence-electron chi connectivity index (χ1n) is 6.45. The van der Waals surface area contributed by atoms with E-state index in [0.29, 0.717) is 12.3 Å². The molecule has 0 aromatic rings. The second kappa shape index (κ2) is 6.02. The fraction of sp³-hybridized carbons (Fsp3) is 0.917. The maximum absolute atomic E-state index is 12.2. The number of carbonyl (C=O) groups excluding carboxylic acids is 1.